The summed E-state index contributed by atoms with van der Waals surface area (Å²) in [6.07, 6.45) is 6.47. The first-order valence-electron chi connectivity index (χ1n) is 15.0. The third-order valence-corrected chi connectivity index (χ3v) is 9.06. The molecule has 10 heteroatoms. The molecule has 1 aromatic heterocycles. The van der Waals surface area contributed by atoms with Crippen LogP contribution in [0.4, 0.5) is 5.82 Å². The molecular weight excluding hydrogens is 619 g/mol. The highest BCUT2D eigenvalue weighted by molar-refractivity contribution is 6.37. The number of ether oxygens (including phenoxy) is 2. The lowest BCUT2D eigenvalue weighted by Crippen LogP contribution is -2.38. The van der Waals surface area contributed by atoms with Crippen molar-refractivity contribution in [1.82, 2.24) is 9.88 Å². The van der Waals surface area contributed by atoms with Gasteiger partial charge in [0.1, 0.15) is 17.8 Å². The van der Waals surface area contributed by atoms with Gasteiger partial charge in [-0.25, -0.2) is 4.98 Å². The van der Waals surface area contributed by atoms with E-state index in [0.717, 1.165) is 66.7 Å². The zero-order valence-electron chi connectivity index (χ0n) is 25.1. The van der Waals surface area contributed by atoms with Crippen LogP contribution in [0.3, 0.4) is 0 Å². The molecule has 7 nitrogen and oxygen atoms in total. The number of halogens is 3. The normalized spacial score (nSPS) is 16.9. The molecule has 44 heavy (non-hydrogen) atoms. The summed E-state index contributed by atoms with van der Waals surface area (Å²) in [6.45, 7) is 4.46. The first-order valence-corrected chi connectivity index (χ1v) is 16.2. The second kappa shape index (κ2) is 14.8. The van der Waals surface area contributed by atoms with Crippen LogP contribution in [0.15, 0.2) is 48.7 Å². The van der Waals surface area contributed by atoms with Crippen LogP contribution >= 0.6 is 34.8 Å². The predicted molar refractivity (Wildman–Crippen MR) is 175 cm³/mol. The van der Waals surface area contributed by atoms with Gasteiger partial charge in [-0.3, -0.25) is 4.79 Å². The number of hydrogen-bond acceptors (Lipinski definition) is 6. The molecule has 0 radical (unpaired) electrons. The second-order valence-electron chi connectivity index (χ2n) is 11.7. The lowest BCUT2D eigenvalue weighted by molar-refractivity contribution is -0.135. The van der Waals surface area contributed by atoms with E-state index in [1.165, 1.54) is 0 Å². The van der Waals surface area contributed by atoms with Gasteiger partial charge >= 0.3 is 0 Å². The number of rotatable bonds is 13. The van der Waals surface area contributed by atoms with Crippen molar-refractivity contribution in [3.05, 3.63) is 86.0 Å². The highest BCUT2D eigenvalue weighted by atomic mass is 35.5. The Morgan fingerprint density at radius 3 is 2.50 bits per heavy atom. The fraction of sp³-hybridized carbons (Fsp3) is 0.441. The van der Waals surface area contributed by atoms with Crippen LogP contribution in [0, 0.1) is 24.2 Å². The molecule has 0 bridgehead atoms. The Kier molecular flexibility index (Phi) is 10.9. The van der Waals surface area contributed by atoms with Crippen molar-refractivity contribution < 1.29 is 14.3 Å². The number of anilines is 1. The number of aromatic nitrogens is 1. The number of carbonyl (C=O) groups is 1. The van der Waals surface area contributed by atoms with E-state index in [1.54, 1.807) is 13.3 Å². The average molecular weight is 656 g/mol. The molecule has 0 unspecified atom stereocenters. The van der Waals surface area contributed by atoms with Crippen LogP contribution in [-0.4, -0.2) is 54.7 Å². The molecule has 3 aromatic rings. The van der Waals surface area contributed by atoms with E-state index in [4.69, 9.17) is 44.3 Å². The Hall–Kier alpha value is -3.02. The maximum atomic E-state index is 13.7. The minimum absolute atomic E-state index is 0.0669. The van der Waals surface area contributed by atoms with Crippen LogP contribution in [0.2, 0.25) is 15.1 Å². The van der Waals surface area contributed by atoms with Gasteiger partial charge in [0.2, 0.25) is 5.91 Å². The van der Waals surface area contributed by atoms with Crippen molar-refractivity contribution in [3.8, 4) is 11.8 Å². The van der Waals surface area contributed by atoms with Gasteiger partial charge in [0, 0.05) is 50.5 Å². The number of methoxy groups -OCH3 is 1. The molecule has 0 spiro atoms. The summed E-state index contributed by atoms with van der Waals surface area (Å²) < 4.78 is 11.3. The van der Waals surface area contributed by atoms with Crippen molar-refractivity contribution in [2.75, 3.05) is 31.7 Å². The highest BCUT2D eigenvalue weighted by Crippen LogP contribution is 2.36. The molecule has 1 saturated carbocycles. The molecule has 1 aliphatic carbocycles. The van der Waals surface area contributed by atoms with Gasteiger partial charge in [-0.1, -0.05) is 53.0 Å². The van der Waals surface area contributed by atoms with Gasteiger partial charge in [0.15, 0.2) is 5.75 Å². The smallest absolute Gasteiger partial charge is 0.240 e. The number of nitrogens with zero attached hydrogens (tertiary/aromatic N) is 4. The third-order valence-electron chi connectivity index (χ3n) is 8.13. The molecule has 0 N–H and O–H groups in total. The molecule has 2 heterocycles. The molecule has 1 aliphatic heterocycles. The van der Waals surface area contributed by atoms with E-state index in [2.05, 4.69) is 22.0 Å². The van der Waals surface area contributed by atoms with Crippen molar-refractivity contribution in [2.45, 2.75) is 64.1 Å². The third kappa shape index (κ3) is 8.17. The van der Waals surface area contributed by atoms with E-state index >= 15 is 0 Å². The molecule has 2 aliphatic rings. The van der Waals surface area contributed by atoms with Crippen LogP contribution in [0.5, 0.6) is 5.75 Å². The molecule has 5 rings (SSSR count). The molecule has 232 valence electrons. The van der Waals surface area contributed by atoms with Gasteiger partial charge < -0.3 is 19.3 Å². The van der Waals surface area contributed by atoms with Gasteiger partial charge in [0.05, 0.1) is 22.7 Å². The van der Waals surface area contributed by atoms with Crippen molar-refractivity contribution in [1.29, 1.82) is 5.26 Å². The van der Waals surface area contributed by atoms with Gasteiger partial charge in [-0.05, 0) is 85.5 Å². The van der Waals surface area contributed by atoms with E-state index in [1.807, 2.05) is 48.2 Å². The molecular formula is C34H37Cl3N4O3. The second-order valence-corrected chi connectivity index (χ2v) is 12.9. The Morgan fingerprint density at radius 1 is 1.09 bits per heavy atom. The van der Waals surface area contributed by atoms with Crippen LogP contribution in [0.25, 0.3) is 0 Å². The van der Waals surface area contributed by atoms with Crippen molar-refractivity contribution in [3.63, 3.8) is 0 Å². The van der Waals surface area contributed by atoms with Crippen LogP contribution in [-0.2, 0) is 28.9 Å². The van der Waals surface area contributed by atoms with Crippen molar-refractivity contribution in [2.24, 2.45) is 5.92 Å². The summed E-state index contributed by atoms with van der Waals surface area (Å²) >= 11 is 19.3. The predicted octanol–water partition coefficient (Wildman–Crippen LogP) is 7.46. The van der Waals surface area contributed by atoms with Gasteiger partial charge in [-0.2, -0.15) is 5.26 Å². The maximum Gasteiger partial charge on any atom is 0.240 e. The zero-order chi connectivity index (χ0) is 31.2. The number of pyridine rings is 1. The highest BCUT2D eigenvalue weighted by Gasteiger charge is 2.36. The summed E-state index contributed by atoms with van der Waals surface area (Å²) in [4.78, 5) is 22.3. The van der Waals surface area contributed by atoms with E-state index < -0.39 is 5.92 Å². The van der Waals surface area contributed by atoms with Crippen LogP contribution < -0.4 is 9.64 Å². The number of amides is 1. The van der Waals surface area contributed by atoms with Crippen LogP contribution in [0.1, 0.15) is 47.9 Å². The Balaban J connectivity index is 1.20. The summed E-state index contributed by atoms with van der Waals surface area (Å²) in [5.74, 6) is 0.368. The minimum Gasteiger partial charge on any atom is -0.485 e. The fourth-order valence-electron chi connectivity index (χ4n) is 5.63. The number of nitriles is 1. The minimum atomic E-state index is -0.805. The Bertz CT molecular complexity index is 1480. The van der Waals surface area contributed by atoms with Crippen molar-refractivity contribution >= 4 is 46.5 Å². The first-order chi connectivity index (χ1) is 21.2. The monoisotopic (exact) mass is 654 g/mol. The van der Waals surface area contributed by atoms with E-state index in [-0.39, 0.29) is 18.1 Å². The first kappa shape index (κ1) is 32.4. The topological polar surface area (TPSA) is 78.7 Å². The number of carbonyl (C=O) groups excluding carboxylic acids is 1. The lowest BCUT2D eigenvalue weighted by atomic mass is 9.99. The largest absolute Gasteiger partial charge is 0.485 e. The molecule has 2 aromatic carbocycles. The number of hydrogen-bond donors (Lipinski definition) is 0. The lowest BCUT2D eigenvalue weighted by Gasteiger charge is -2.26. The fourth-order valence-corrected chi connectivity index (χ4v) is 6.49. The average Bonchev–Trinajstić information content (AvgIpc) is 3.74. The maximum absolute atomic E-state index is 13.7. The van der Waals surface area contributed by atoms with Gasteiger partial charge in [-0.15, -0.1) is 0 Å². The Labute approximate surface area is 274 Å². The van der Waals surface area contributed by atoms with E-state index in [0.29, 0.717) is 46.9 Å². The molecule has 1 amide bonds. The SMILES string of the molecule is COCCCc1ccc(Cl)c(CN(C(=O)[C@H](C#N)Cc2ccc(N3CC[C@@H](Oc4c(Cl)cc(C)cc4Cl)C3)nc2)C2CC2)c1. The quantitative estimate of drug-likeness (QED) is 0.178. The number of benzene rings is 2. The van der Waals surface area contributed by atoms with Gasteiger partial charge in [0.25, 0.3) is 0 Å². The summed E-state index contributed by atoms with van der Waals surface area (Å²) in [6, 6.07) is 16.0. The number of aryl methyl sites for hydroxylation is 2. The molecule has 1 saturated heterocycles. The molecule has 2 atom stereocenters. The summed E-state index contributed by atoms with van der Waals surface area (Å²) in [5.41, 5.74) is 3.89. The van der Waals surface area contributed by atoms with E-state index in [9.17, 15) is 10.1 Å². The standard InChI is InChI=1S/C34H37Cl3N4O3/c1-22-14-30(36)33(31(37)15-22)44-28-11-12-40(21-28)32-10-6-24(19-39-32)17-25(18-38)34(42)41(27-7-8-27)20-26-16-23(4-3-13-43-2)5-9-29(26)35/h5-6,9-10,14-16,19,25,27-28H,3-4,7-8,11-13,17,20-21H2,1-2H3/t25-,28+/m0/s1. The molecule has 2 fully saturated rings. The Morgan fingerprint density at radius 2 is 1.84 bits per heavy atom. The zero-order valence-corrected chi connectivity index (χ0v) is 27.3. The summed E-state index contributed by atoms with van der Waals surface area (Å²) in [5, 5.41) is 11.7. The summed E-state index contributed by atoms with van der Waals surface area (Å²) in [7, 11) is 1.70.